The van der Waals surface area contributed by atoms with Gasteiger partial charge in [0.2, 0.25) is 0 Å². The van der Waals surface area contributed by atoms with Gasteiger partial charge in [0.05, 0.1) is 24.5 Å². The highest BCUT2D eigenvalue weighted by molar-refractivity contribution is 5.95. The van der Waals surface area contributed by atoms with E-state index in [1.54, 1.807) is 0 Å². The topological polar surface area (TPSA) is 84.6 Å². The lowest BCUT2D eigenvalue weighted by atomic mass is 10.1. The van der Waals surface area contributed by atoms with Crippen LogP contribution >= 0.6 is 0 Å². The number of hydrogen-bond donors (Lipinski definition) is 3. The molecule has 0 saturated carbocycles. The lowest BCUT2D eigenvalue weighted by molar-refractivity contribution is 0.0866. The third-order valence-electron chi connectivity index (χ3n) is 2.32. The van der Waals surface area contributed by atoms with Crippen LogP contribution in [0.1, 0.15) is 16.8 Å². The molecule has 1 aromatic carbocycles. The minimum atomic E-state index is -0.958. The van der Waals surface area contributed by atoms with E-state index >= 15 is 0 Å². The molecule has 5 nitrogen and oxygen atoms in total. The molecule has 0 aromatic heterocycles. The number of anilines is 1. The molecule has 106 valence electrons. The quantitative estimate of drug-likeness (QED) is 0.504. The number of nitrogens with two attached hydrogens (primary N) is 1. The lowest BCUT2D eigenvalue weighted by Gasteiger charge is -2.07. The lowest BCUT2D eigenvalue weighted by Crippen LogP contribution is -2.26. The Labute approximate surface area is 109 Å². The van der Waals surface area contributed by atoms with Gasteiger partial charge in [-0.05, 0) is 12.5 Å². The van der Waals surface area contributed by atoms with Gasteiger partial charge in [0.15, 0.2) is 0 Å². The fraction of sp³-hybridized carbons (Fsp3) is 0.417. The summed E-state index contributed by atoms with van der Waals surface area (Å²) in [5.41, 5.74) is 4.70. The highest BCUT2D eigenvalue weighted by atomic mass is 19.1. The van der Waals surface area contributed by atoms with Crippen molar-refractivity contribution in [2.45, 2.75) is 6.42 Å². The first-order chi connectivity index (χ1) is 9.06. The van der Waals surface area contributed by atoms with Gasteiger partial charge in [-0.25, -0.2) is 8.78 Å². The van der Waals surface area contributed by atoms with Gasteiger partial charge in [-0.15, -0.1) is 0 Å². The Morgan fingerprint density at radius 1 is 1.32 bits per heavy atom. The number of aliphatic hydroxyl groups excluding tert-OH is 1. The number of aliphatic hydroxyl groups is 1. The molecule has 1 rings (SSSR count). The zero-order valence-corrected chi connectivity index (χ0v) is 10.3. The Hall–Kier alpha value is -1.73. The van der Waals surface area contributed by atoms with Crippen LogP contribution in [-0.4, -0.2) is 37.4 Å². The normalized spacial score (nSPS) is 10.5. The SMILES string of the molecule is Nc1cc(C(=O)NCCCOCCO)c(F)cc1F. The van der Waals surface area contributed by atoms with Crippen molar-refractivity contribution in [3.05, 3.63) is 29.3 Å². The summed E-state index contributed by atoms with van der Waals surface area (Å²) in [5, 5.41) is 10.9. The summed E-state index contributed by atoms with van der Waals surface area (Å²) in [6.07, 6.45) is 0.518. The third-order valence-corrected chi connectivity index (χ3v) is 2.32. The summed E-state index contributed by atoms with van der Waals surface area (Å²) in [5.74, 6) is -2.52. The smallest absolute Gasteiger partial charge is 0.254 e. The molecule has 0 radical (unpaired) electrons. The van der Waals surface area contributed by atoms with Crippen molar-refractivity contribution >= 4 is 11.6 Å². The number of amides is 1. The van der Waals surface area contributed by atoms with Crippen LogP contribution in [-0.2, 0) is 4.74 Å². The van der Waals surface area contributed by atoms with Crippen LogP contribution in [0.2, 0.25) is 0 Å². The van der Waals surface area contributed by atoms with Crippen LogP contribution in [0.25, 0.3) is 0 Å². The van der Waals surface area contributed by atoms with Gasteiger partial charge in [-0.3, -0.25) is 4.79 Å². The maximum atomic E-state index is 13.3. The molecule has 0 spiro atoms. The van der Waals surface area contributed by atoms with Crippen LogP contribution in [0.4, 0.5) is 14.5 Å². The molecular formula is C12H16F2N2O3. The van der Waals surface area contributed by atoms with Crippen molar-refractivity contribution in [3.8, 4) is 0 Å². The molecule has 0 aliphatic rings. The van der Waals surface area contributed by atoms with Gasteiger partial charge in [0, 0.05) is 19.2 Å². The number of carbonyl (C=O) groups is 1. The van der Waals surface area contributed by atoms with Crippen LogP contribution in [0.5, 0.6) is 0 Å². The number of rotatable bonds is 7. The molecule has 7 heteroatoms. The van der Waals surface area contributed by atoms with E-state index < -0.39 is 17.5 Å². The van der Waals surface area contributed by atoms with Gasteiger partial charge >= 0.3 is 0 Å². The van der Waals surface area contributed by atoms with Crippen LogP contribution in [0, 0.1) is 11.6 Å². The van der Waals surface area contributed by atoms with Crippen molar-refractivity contribution in [2.24, 2.45) is 0 Å². The summed E-state index contributed by atoms with van der Waals surface area (Å²) in [6.45, 7) is 0.819. The maximum Gasteiger partial charge on any atom is 0.254 e. The summed E-state index contributed by atoms with van der Waals surface area (Å²) >= 11 is 0. The standard InChI is InChI=1S/C12H16F2N2O3/c13-9-7-10(14)11(15)6-8(9)12(18)16-2-1-4-19-5-3-17/h6-7,17H,1-5,15H2,(H,16,18). The third kappa shape index (κ3) is 4.80. The summed E-state index contributed by atoms with van der Waals surface area (Å²) < 4.78 is 31.2. The Kier molecular flexibility index (Phi) is 6.17. The largest absolute Gasteiger partial charge is 0.396 e. The van der Waals surface area contributed by atoms with E-state index in [0.717, 1.165) is 6.07 Å². The fourth-order valence-electron chi connectivity index (χ4n) is 1.38. The van der Waals surface area contributed by atoms with E-state index in [1.807, 2.05) is 0 Å². The molecule has 0 bridgehead atoms. The first-order valence-electron chi connectivity index (χ1n) is 5.77. The molecule has 0 unspecified atom stereocenters. The first-order valence-corrected chi connectivity index (χ1v) is 5.77. The fourth-order valence-corrected chi connectivity index (χ4v) is 1.38. The van der Waals surface area contributed by atoms with Crippen LogP contribution in [0.15, 0.2) is 12.1 Å². The second kappa shape index (κ2) is 7.65. The number of nitrogen functional groups attached to an aromatic ring is 1. The molecule has 19 heavy (non-hydrogen) atoms. The van der Waals surface area contributed by atoms with E-state index in [9.17, 15) is 13.6 Å². The van der Waals surface area contributed by atoms with Crippen molar-refractivity contribution in [2.75, 3.05) is 32.1 Å². The first kappa shape index (κ1) is 15.3. The number of carbonyl (C=O) groups excluding carboxylic acids is 1. The molecule has 0 heterocycles. The van der Waals surface area contributed by atoms with Crippen molar-refractivity contribution in [1.29, 1.82) is 0 Å². The van der Waals surface area contributed by atoms with E-state index in [-0.39, 0.29) is 31.0 Å². The molecular weight excluding hydrogens is 258 g/mol. The number of halogens is 2. The maximum absolute atomic E-state index is 13.3. The highest BCUT2D eigenvalue weighted by Gasteiger charge is 2.14. The summed E-state index contributed by atoms with van der Waals surface area (Å²) in [4.78, 5) is 11.6. The number of nitrogens with one attached hydrogen (secondary N) is 1. The second-order valence-corrected chi connectivity index (χ2v) is 3.80. The summed E-state index contributed by atoms with van der Waals surface area (Å²) in [7, 11) is 0. The Morgan fingerprint density at radius 3 is 2.74 bits per heavy atom. The number of ether oxygens (including phenoxy) is 1. The summed E-state index contributed by atoms with van der Waals surface area (Å²) in [6, 6.07) is 1.54. The van der Waals surface area contributed by atoms with Gasteiger partial charge in [-0.2, -0.15) is 0 Å². The van der Waals surface area contributed by atoms with Gasteiger partial charge in [0.1, 0.15) is 11.6 Å². The predicted octanol–water partition coefficient (Wildman–Crippen LogP) is 0.676. The second-order valence-electron chi connectivity index (χ2n) is 3.80. The zero-order chi connectivity index (χ0) is 14.3. The molecule has 0 aliphatic carbocycles. The monoisotopic (exact) mass is 274 g/mol. The average molecular weight is 274 g/mol. The van der Waals surface area contributed by atoms with Gasteiger partial charge in [-0.1, -0.05) is 0 Å². The molecule has 1 amide bonds. The predicted molar refractivity (Wildman–Crippen MR) is 65.6 cm³/mol. The average Bonchev–Trinajstić information content (AvgIpc) is 2.37. The van der Waals surface area contributed by atoms with Crippen molar-refractivity contribution in [3.63, 3.8) is 0 Å². The van der Waals surface area contributed by atoms with Crippen molar-refractivity contribution in [1.82, 2.24) is 5.32 Å². The Morgan fingerprint density at radius 2 is 2.05 bits per heavy atom. The minimum absolute atomic E-state index is 0.0631. The number of hydrogen-bond acceptors (Lipinski definition) is 4. The molecule has 0 atom stereocenters. The van der Waals surface area contributed by atoms with Gasteiger partial charge in [0.25, 0.3) is 5.91 Å². The van der Waals surface area contributed by atoms with Gasteiger partial charge < -0.3 is 20.9 Å². The zero-order valence-electron chi connectivity index (χ0n) is 10.3. The molecule has 0 fully saturated rings. The van der Waals surface area contributed by atoms with E-state index in [4.69, 9.17) is 15.6 Å². The van der Waals surface area contributed by atoms with E-state index in [0.29, 0.717) is 19.1 Å². The van der Waals surface area contributed by atoms with E-state index in [2.05, 4.69) is 5.32 Å². The highest BCUT2D eigenvalue weighted by Crippen LogP contribution is 2.16. The molecule has 0 aliphatic heterocycles. The Balaban J connectivity index is 2.43. The Bertz CT molecular complexity index is 441. The molecule has 0 saturated heterocycles. The van der Waals surface area contributed by atoms with E-state index in [1.165, 1.54) is 0 Å². The minimum Gasteiger partial charge on any atom is -0.396 e. The van der Waals surface area contributed by atoms with Crippen molar-refractivity contribution < 1.29 is 23.4 Å². The molecule has 1 aromatic rings. The molecule has 4 N–H and O–H groups in total. The van der Waals surface area contributed by atoms with Crippen LogP contribution < -0.4 is 11.1 Å². The number of benzene rings is 1. The van der Waals surface area contributed by atoms with Crippen LogP contribution in [0.3, 0.4) is 0 Å².